The zero-order valence-electron chi connectivity index (χ0n) is 11.3. The Hall–Kier alpha value is -0.593. The number of alkyl halides is 11. The molecule has 0 atom stereocenters. The Morgan fingerprint density at radius 2 is 1.00 bits per heavy atom. The lowest BCUT2D eigenvalue weighted by Crippen LogP contribution is -2.67. The molecule has 1 nitrogen and oxygen atoms in total. The van der Waals surface area contributed by atoms with Gasteiger partial charge in [-0.25, -0.2) is 0 Å². The van der Waals surface area contributed by atoms with Crippen molar-refractivity contribution in [3.8, 4) is 0 Å². The van der Waals surface area contributed by atoms with Gasteiger partial charge in [-0.05, 0) is 19.6 Å². The van der Waals surface area contributed by atoms with Gasteiger partial charge in [-0.1, -0.05) is 0 Å². The molecule has 0 aromatic carbocycles. The molecule has 0 fully saturated rings. The van der Waals surface area contributed by atoms with Gasteiger partial charge in [0.05, 0.1) is 0 Å². The first-order valence-corrected chi connectivity index (χ1v) is 8.83. The van der Waals surface area contributed by atoms with Crippen LogP contribution in [0.15, 0.2) is 0 Å². The highest BCUT2D eigenvalue weighted by Gasteiger charge is 2.87. The zero-order chi connectivity index (χ0) is 18.4. The molecule has 0 aromatic rings. The zero-order valence-corrected chi connectivity index (χ0v) is 12.3. The van der Waals surface area contributed by atoms with Crippen LogP contribution in [0.5, 0.6) is 0 Å². The molecule has 0 saturated heterocycles. The van der Waals surface area contributed by atoms with Crippen molar-refractivity contribution in [3.05, 3.63) is 0 Å². The topological polar surface area (TPSA) is 9.23 Å². The molecule has 134 valence electrons. The summed E-state index contributed by atoms with van der Waals surface area (Å²) in [6.07, 6.45) is -7.14. The van der Waals surface area contributed by atoms with Crippen LogP contribution in [-0.4, -0.2) is 44.8 Å². The number of hydrogen-bond donors (Lipinski definition) is 0. The monoisotopic (exact) mass is 372 g/mol. The molecule has 0 bridgehead atoms. The molecule has 0 aliphatic rings. The third-order valence-electron chi connectivity index (χ3n) is 2.29. The van der Waals surface area contributed by atoms with E-state index >= 15 is 0 Å². The molecule has 0 saturated carbocycles. The second-order valence-electron chi connectivity index (χ2n) is 5.33. The first-order valence-electron chi connectivity index (χ1n) is 5.43. The van der Waals surface area contributed by atoms with Crippen LogP contribution in [0.4, 0.5) is 48.3 Å². The highest BCUT2D eigenvalue weighted by atomic mass is 28.4. The molecular formula is C9H11F11OSi. The van der Waals surface area contributed by atoms with Gasteiger partial charge in [0.25, 0.3) is 0 Å². The van der Waals surface area contributed by atoms with Crippen LogP contribution in [0.25, 0.3) is 0 Å². The third kappa shape index (κ3) is 3.66. The Morgan fingerprint density at radius 1 is 0.636 bits per heavy atom. The summed E-state index contributed by atoms with van der Waals surface area (Å²) >= 11 is 0. The summed E-state index contributed by atoms with van der Waals surface area (Å²) in [6, 6.07) is 0. The van der Waals surface area contributed by atoms with Crippen LogP contribution in [0.3, 0.4) is 0 Å². The van der Waals surface area contributed by atoms with Gasteiger partial charge in [-0.3, -0.25) is 0 Å². The van der Waals surface area contributed by atoms with Crippen molar-refractivity contribution < 1.29 is 52.7 Å². The van der Waals surface area contributed by atoms with Gasteiger partial charge in [0.15, 0.2) is 8.32 Å². The summed E-state index contributed by atoms with van der Waals surface area (Å²) in [5.41, 5.74) is 0. The van der Waals surface area contributed by atoms with Gasteiger partial charge in [-0.15, -0.1) is 0 Å². The van der Waals surface area contributed by atoms with Crippen LogP contribution in [0, 0.1) is 0 Å². The van der Waals surface area contributed by atoms with Gasteiger partial charge in [0.2, 0.25) is 0 Å². The first kappa shape index (κ1) is 21.4. The quantitative estimate of drug-likeness (QED) is 0.474. The minimum atomic E-state index is -7.37. The molecule has 0 N–H and O–H groups in total. The van der Waals surface area contributed by atoms with Gasteiger partial charge >= 0.3 is 29.9 Å². The van der Waals surface area contributed by atoms with E-state index in [0.29, 0.717) is 0 Å². The van der Waals surface area contributed by atoms with E-state index in [1.165, 1.54) is 19.6 Å². The van der Waals surface area contributed by atoms with Gasteiger partial charge in [0.1, 0.15) is 6.61 Å². The molecule has 13 heteroatoms. The Bertz CT molecular complexity index is 395. The Kier molecular flexibility index (Phi) is 5.34. The van der Waals surface area contributed by atoms with Gasteiger partial charge < -0.3 is 4.43 Å². The maximum Gasteiger partial charge on any atom is 0.460 e. The third-order valence-corrected chi connectivity index (χ3v) is 3.30. The molecule has 0 heterocycles. The second kappa shape index (κ2) is 5.49. The lowest BCUT2D eigenvalue weighted by atomic mass is 9.98. The molecule has 0 spiro atoms. The minimum absolute atomic E-state index is 1.18. The highest BCUT2D eigenvalue weighted by molar-refractivity contribution is 6.69. The van der Waals surface area contributed by atoms with E-state index in [2.05, 4.69) is 4.43 Å². The van der Waals surface area contributed by atoms with Crippen LogP contribution in [0.1, 0.15) is 0 Å². The fourth-order valence-corrected chi connectivity index (χ4v) is 1.62. The van der Waals surface area contributed by atoms with Crippen molar-refractivity contribution in [1.29, 1.82) is 0 Å². The molecule has 0 radical (unpaired) electrons. The van der Waals surface area contributed by atoms with Gasteiger partial charge in [0, 0.05) is 0 Å². The fraction of sp³-hybridized carbons (Fsp3) is 1.00. The average molecular weight is 372 g/mol. The number of hydrogen-bond acceptors (Lipinski definition) is 1. The first-order chi connectivity index (χ1) is 9.21. The van der Waals surface area contributed by atoms with Crippen LogP contribution >= 0.6 is 0 Å². The summed E-state index contributed by atoms with van der Waals surface area (Å²) in [5, 5.41) is 0. The summed E-state index contributed by atoms with van der Waals surface area (Å²) < 4.78 is 143. The summed E-state index contributed by atoms with van der Waals surface area (Å²) in [4.78, 5) is 0. The normalized spacial score (nSPS) is 16.1. The Morgan fingerprint density at radius 3 is 1.27 bits per heavy atom. The molecule has 0 aliphatic carbocycles. The number of rotatable bonds is 6. The standard InChI is InChI=1S/C9H11F11OSi/c1-22(2,3)21-4-5(10,11)6(12,13)7(14,15)8(16,17)9(18,19)20/h4H2,1-3H3. The van der Waals surface area contributed by atoms with Crippen LogP contribution < -0.4 is 0 Å². The molecule has 0 aliphatic heterocycles. The van der Waals surface area contributed by atoms with Crippen molar-refractivity contribution in [2.75, 3.05) is 6.61 Å². The molecule has 0 rings (SSSR count). The number of halogens is 11. The van der Waals surface area contributed by atoms with E-state index in [1.54, 1.807) is 0 Å². The predicted octanol–water partition coefficient (Wildman–Crippen LogP) is 4.94. The van der Waals surface area contributed by atoms with E-state index in [4.69, 9.17) is 0 Å². The maximum atomic E-state index is 13.1. The SMILES string of the molecule is C[Si](C)(C)OCC(F)(F)C(F)(F)C(F)(F)C(F)(F)C(F)(F)F. The summed E-state index contributed by atoms with van der Waals surface area (Å²) in [5.74, 6) is -27.7. The lowest BCUT2D eigenvalue weighted by molar-refractivity contribution is -0.423. The largest absolute Gasteiger partial charge is 0.460 e. The summed E-state index contributed by atoms with van der Waals surface area (Å²) in [7, 11) is -2.96. The van der Waals surface area contributed by atoms with Crippen molar-refractivity contribution >= 4 is 8.32 Å². The Balaban J connectivity index is 5.69. The van der Waals surface area contributed by atoms with E-state index in [9.17, 15) is 48.3 Å². The predicted molar refractivity (Wildman–Crippen MR) is 55.1 cm³/mol. The van der Waals surface area contributed by atoms with Gasteiger partial charge in [-0.2, -0.15) is 48.3 Å². The lowest BCUT2D eigenvalue weighted by Gasteiger charge is -2.37. The molecule has 22 heavy (non-hydrogen) atoms. The minimum Gasteiger partial charge on any atom is -0.411 e. The fourth-order valence-electron chi connectivity index (χ4n) is 1.00. The van der Waals surface area contributed by atoms with Crippen LogP contribution in [-0.2, 0) is 4.43 Å². The smallest absolute Gasteiger partial charge is 0.411 e. The van der Waals surface area contributed by atoms with Crippen molar-refractivity contribution in [2.24, 2.45) is 0 Å². The molecule has 0 amide bonds. The van der Waals surface area contributed by atoms with Crippen LogP contribution in [0.2, 0.25) is 19.6 Å². The second-order valence-corrected chi connectivity index (χ2v) is 9.84. The highest BCUT2D eigenvalue weighted by Crippen LogP contribution is 2.57. The summed E-state index contributed by atoms with van der Waals surface area (Å²) in [6.45, 7) is 1.14. The average Bonchev–Trinajstić information content (AvgIpc) is 2.23. The van der Waals surface area contributed by atoms with Crippen molar-refractivity contribution in [3.63, 3.8) is 0 Å². The Labute approximate surface area is 118 Å². The molecule has 0 aromatic heterocycles. The maximum absolute atomic E-state index is 13.1. The van der Waals surface area contributed by atoms with E-state index in [-0.39, 0.29) is 0 Å². The molecular weight excluding hydrogens is 361 g/mol. The van der Waals surface area contributed by atoms with Crippen molar-refractivity contribution in [1.82, 2.24) is 0 Å². The van der Waals surface area contributed by atoms with Crippen molar-refractivity contribution in [2.45, 2.75) is 49.5 Å². The van der Waals surface area contributed by atoms with E-state index in [1.807, 2.05) is 0 Å². The van der Waals surface area contributed by atoms with E-state index < -0.39 is 44.8 Å². The van der Waals surface area contributed by atoms with E-state index in [0.717, 1.165) is 0 Å². The molecule has 0 unspecified atom stereocenters.